The van der Waals surface area contributed by atoms with Crippen molar-refractivity contribution in [3.05, 3.63) is 21.0 Å². The fraction of sp³-hybridized carbons (Fsp3) is 0.667. The largest absolute Gasteiger partial charge is 0.383 e. The Bertz CT molecular complexity index is 450. The molecule has 0 saturated heterocycles. The number of methoxy groups -OCH3 is 1. The smallest absolute Gasteiger partial charge is 0.283 e. The number of anilines is 1. The molecule has 0 saturated carbocycles. The molecule has 0 unspecified atom stereocenters. The van der Waals surface area contributed by atoms with E-state index in [9.17, 15) is 4.79 Å². The molecule has 0 bridgehead atoms. The molecule has 0 radical (unpaired) electrons. The van der Waals surface area contributed by atoms with E-state index in [1.807, 2.05) is 19.0 Å². The zero-order valence-electron chi connectivity index (χ0n) is 11.6. The molecule has 1 rings (SSSR count). The number of halogens is 1. The van der Waals surface area contributed by atoms with Crippen LogP contribution in [0.2, 0.25) is 0 Å². The van der Waals surface area contributed by atoms with Gasteiger partial charge in [0.25, 0.3) is 5.56 Å². The van der Waals surface area contributed by atoms with Crippen LogP contribution in [0, 0.1) is 0 Å². The van der Waals surface area contributed by atoms with Crippen LogP contribution in [-0.2, 0) is 11.3 Å². The Morgan fingerprint density at radius 2 is 2.32 bits per heavy atom. The van der Waals surface area contributed by atoms with Gasteiger partial charge in [-0.3, -0.25) is 4.79 Å². The van der Waals surface area contributed by atoms with Crippen LogP contribution in [0.1, 0.15) is 6.42 Å². The highest BCUT2D eigenvalue weighted by atomic mass is 79.9. The Morgan fingerprint density at radius 1 is 1.58 bits per heavy atom. The van der Waals surface area contributed by atoms with Crippen molar-refractivity contribution in [3.63, 3.8) is 0 Å². The molecular formula is C12H21BrN4O2. The summed E-state index contributed by atoms with van der Waals surface area (Å²) >= 11 is 3.36. The quantitative estimate of drug-likeness (QED) is 0.710. The Balaban J connectivity index is 2.80. The van der Waals surface area contributed by atoms with Gasteiger partial charge in [0.05, 0.1) is 25.0 Å². The van der Waals surface area contributed by atoms with Gasteiger partial charge >= 0.3 is 0 Å². The first-order valence-electron chi connectivity index (χ1n) is 6.22. The minimum absolute atomic E-state index is 0.130. The van der Waals surface area contributed by atoms with E-state index < -0.39 is 0 Å². The van der Waals surface area contributed by atoms with Crippen LogP contribution in [-0.4, -0.2) is 50.7 Å². The van der Waals surface area contributed by atoms with Crippen LogP contribution in [0.4, 0.5) is 5.69 Å². The zero-order valence-corrected chi connectivity index (χ0v) is 13.2. The van der Waals surface area contributed by atoms with E-state index in [4.69, 9.17) is 4.74 Å². The van der Waals surface area contributed by atoms with Crippen molar-refractivity contribution in [1.29, 1.82) is 0 Å². The minimum atomic E-state index is -0.130. The summed E-state index contributed by atoms with van der Waals surface area (Å²) in [5.41, 5.74) is 0.685. The van der Waals surface area contributed by atoms with E-state index in [0.29, 0.717) is 17.6 Å². The summed E-state index contributed by atoms with van der Waals surface area (Å²) in [4.78, 5) is 14.1. The van der Waals surface area contributed by atoms with E-state index in [-0.39, 0.29) is 5.56 Å². The topological polar surface area (TPSA) is 59.4 Å². The number of nitrogens with one attached hydrogen (secondary N) is 1. The monoisotopic (exact) mass is 332 g/mol. The van der Waals surface area contributed by atoms with Crippen LogP contribution in [0.15, 0.2) is 15.5 Å². The third kappa shape index (κ3) is 4.59. The van der Waals surface area contributed by atoms with Crippen molar-refractivity contribution in [2.75, 3.05) is 45.8 Å². The molecule has 108 valence electrons. The lowest BCUT2D eigenvalue weighted by molar-refractivity contribution is 0.181. The maximum Gasteiger partial charge on any atom is 0.283 e. The molecule has 1 heterocycles. The summed E-state index contributed by atoms with van der Waals surface area (Å²) in [7, 11) is 5.48. The summed E-state index contributed by atoms with van der Waals surface area (Å²) in [6, 6.07) is 0. The van der Waals surface area contributed by atoms with Crippen molar-refractivity contribution in [2.45, 2.75) is 13.0 Å². The molecule has 1 aromatic rings. The molecule has 0 aliphatic heterocycles. The first-order chi connectivity index (χ1) is 9.11. The van der Waals surface area contributed by atoms with E-state index in [2.05, 4.69) is 26.3 Å². The first kappa shape index (κ1) is 16.1. The van der Waals surface area contributed by atoms with E-state index in [1.54, 1.807) is 13.3 Å². The van der Waals surface area contributed by atoms with Crippen molar-refractivity contribution in [1.82, 2.24) is 15.1 Å². The van der Waals surface area contributed by atoms with Crippen LogP contribution in [0.25, 0.3) is 0 Å². The van der Waals surface area contributed by atoms with Gasteiger partial charge < -0.3 is 15.0 Å². The van der Waals surface area contributed by atoms with E-state index in [0.717, 1.165) is 25.2 Å². The molecule has 0 aliphatic carbocycles. The van der Waals surface area contributed by atoms with Gasteiger partial charge in [-0.15, -0.1) is 0 Å². The number of rotatable bonds is 8. The highest BCUT2D eigenvalue weighted by molar-refractivity contribution is 9.10. The average Bonchev–Trinajstić information content (AvgIpc) is 2.40. The second-order valence-electron chi connectivity index (χ2n) is 4.24. The maximum atomic E-state index is 12.1. The van der Waals surface area contributed by atoms with Crippen molar-refractivity contribution in [3.8, 4) is 0 Å². The zero-order chi connectivity index (χ0) is 14.3. The van der Waals surface area contributed by atoms with E-state index in [1.165, 1.54) is 4.68 Å². The van der Waals surface area contributed by atoms with Gasteiger partial charge in [-0.1, -0.05) is 0 Å². The van der Waals surface area contributed by atoms with Gasteiger partial charge in [-0.2, -0.15) is 5.10 Å². The molecule has 0 amide bonds. The van der Waals surface area contributed by atoms with Crippen LogP contribution in [0.5, 0.6) is 0 Å². The molecule has 0 aliphatic rings. The SMILES string of the molecule is CNCCCN(C)c1cnn(CCOC)c(=O)c1Br. The summed E-state index contributed by atoms with van der Waals surface area (Å²) in [5, 5.41) is 7.26. The molecule has 0 spiro atoms. The summed E-state index contributed by atoms with van der Waals surface area (Å²) in [6.07, 6.45) is 2.71. The second-order valence-corrected chi connectivity index (χ2v) is 5.04. The summed E-state index contributed by atoms with van der Waals surface area (Å²) < 4.78 is 6.90. The lowest BCUT2D eigenvalue weighted by Gasteiger charge is -2.20. The standard InChI is InChI=1S/C12H21BrN4O2/c1-14-5-4-6-16(2)10-9-15-17(7-8-19-3)12(18)11(10)13/h9,14H,4-8H2,1-3H3. The summed E-state index contributed by atoms with van der Waals surface area (Å²) in [6.45, 7) is 2.73. The van der Waals surface area contributed by atoms with E-state index >= 15 is 0 Å². The summed E-state index contributed by atoms with van der Waals surface area (Å²) in [5.74, 6) is 0. The predicted octanol–water partition coefficient (Wildman–Crippen LogP) is 0.698. The van der Waals surface area contributed by atoms with Gasteiger partial charge in [0.2, 0.25) is 0 Å². The number of aromatic nitrogens is 2. The third-order valence-corrected chi connectivity index (χ3v) is 3.55. The van der Waals surface area contributed by atoms with Gasteiger partial charge in [-0.05, 0) is 35.9 Å². The Kier molecular flexibility index (Phi) is 7.04. The van der Waals surface area contributed by atoms with Gasteiger partial charge in [0, 0.05) is 20.7 Å². The maximum absolute atomic E-state index is 12.1. The van der Waals surface area contributed by atoms with Crippen molar-refractivity contribution < 1.29 is 4.74 Å². The molecule has 7 heteroatoms. The Hall–Kier alpha value is -0.920. The second kappa shape index (κ2) is 8.29. The molecule has 19 heavy (non-hydrogen) atoms. The number of hydrogen-bond donors (Lipinski definition) is 1. The van der Waals surface area contributed by atoms with Gasteiger partial charge in [-0.25, -0.2) is 4.68 Å². The van der Waals surface area contributed by atoms with Crippen molar-refractivity contribution >= 4 is 21.6 Å². The molecule has 0 aromatic carbocycles. The average molecular weight is 333 g/mol. The fourth-order valence-corrected chi connectivity index (χ4v) is 2.28. The predicted molar refractivity (Wildman–Crippen MR) is 79.9 cm³/mol. The molecule has 1 aromatic heterocycles. The molecule has 6 nitrogen and oxygen atoms in total. The number of hydrogen-bond acceptors (Lipinski definition) is 5. The van der Waals surface area contributed by atoms with Crippen LogP contribution >= 0.6 is 15.9 Å². The normalized spacial score (nSPS) is 10.7. The highest BCUT2D eigenvalue weighted by Crippen LogP contribution is 2.20. The molecule has 1 N–H and O–H groups in total. The minimum Gasteiger partial charge on any atom is -0.383 e. The lowest BCUT2D eigenvalue weighted by atomic mass is 10.3. The molecule has 0 fully saturated rings. The number of ether oxygens (including phenoxy) is 1. The van der Waals surface area contributed by atoms with Crippen LogP contribution < -0.4 is 15.8 Å². The van der Waals surface area contributed by atoms with Gasteiger partial charge in [0.15, 0.2) is 0 Å². The Morgan fingerprint density at radius 3 is 2.95 bits per heavy atom. The van der Waals surface area contributed by atoms with Gasteiger partial charge in [0.1, 0.15) is 4.47 Å². The Labute approximate surface area is 121 Å². The van der Waals surface area contributed by atoms with Crippen LogP contribution in [0.3, 0.4) is 0 Å². The molecular weight excluding hydrogens is 312 g/mol. The molecule has 0 atom stereocenters. The highest BCUT2D eigenvalue weighted by Gasteiger charge is 2.12. The van der Waals surface area contributed by atoms with Crippen molar-refractivity contribution in [2.24, 2.45) is 0 Å². The lowest BCUT2D eigenvalue weighted by Crippen LogP contribution is -2.29. The third-order valence-electron chi connectivity index (χ3n) is 2.81. The number of nitrogens with zero attached hydrogens (tertiary/aromatic N) is 3. The first-order valence-corrected chi connectivity index (χ1v) is 7.01. The fourth-order valence-electron chi connectivity index (χ4n) is 1.67.